The highest BCUT2D eigenvalue weighted by Crippen LogP contribution is 2.16. The van der Waals surface area contributed by atoms with Gasteiger partial charge < -0.3 is 20.7 Å². The molecule has 1 aromatic heterocycles. The number of benzene rings is 1. The van der Waals surface area contributed by atoms with E-state index in [9.17, 15) is 14.0 Å². The number of amides is 2. The van der Waals surface area contributed by atoms with Gasteiger partial charge in [0.1, 0.15) is 11.6 Å². The third kappa shape index (κ3) is 19.8. The number of aromatic nitrogens is 1. The van der Waals surface area contributed by atoms with Gasteiger partial charge in [-0.3, -0.25) is 14.6 Å². The fourth-order valence-electron chi connectivity index (χ4n) is 3.09. The standard InChI is InChI=1S/C19H29FN2O3.C8H11N.C2H7N/c1-3-4-9-21-19(24)14-22-18(23)8-6-5-7-10-25-17-12-15(2)11-16(20)13-17;1-3-8-4-7(2)5-9-6-8;1-3-2/h11-13H,3-10,14H2,1-2H3,(H,21,24)(H,22,23);4-6H,3H2,1-2H3;3H,1-2H3. The summed E-state index contributed by atoms with van der Waals surface area (Å²) in [5, 5.41) is 8.11. The molecule has 0 aliphatic carbocycles. The molecule has 1 aromatic carbocycles. The zero-order chi connectivity index (χ0) is 27.9. The number of hydrogen-bond donors (Lipinski definition) is 3. The predicted octanol–water partition coefficient (Wildman–Crippen LogP) is 4.89. The molecular weight excluding hydrogens is 471 g/mol. The van der Waals surface area contributed by atoms with Crippen LogP contribution in [0, 0.1) is 19.7 Å². The predicted molar refractivity (Wildman–Crippen MR) is 149 cm³/mol. The first kappa shape index (κ1) is 34.0. The van der Waals surface area contributed by atoms with Crippen LogP contribution < -0.4 is 20.7 Å². The molecule has 0 spiro atoms. The number of carbonyl (C=O) groups excluding carboxylic acids is 2. The van der Waals surface area contributed by atoms with Crippen LogP contribution in [-0.4, -0.2) is 50.6 Å². The first-order valence-electron chi connectivity index (χ1n) is 13.2. The van der Waals surface area contributed by atoms with E-state index < -0.39 is 0 Å². The molecule has 2 amide bonds. The topological polar surface area (TPSA) is 92.4 Å². The number of halogens is 1. The monoisotopic (exact) mass is 518 g/mol. The van der Waals surface area contributed by atoms with Crippen molar-refractivity contribution in [2.24, 2.45) is 0 Å². The summed E-state index contributed by atoms with van der Waals surface area (Å²) in [5.41, 5.74) is 3.38. The summed E-state index contributed by atoms with van der Waals surface area (Å²) in [4.78, 5) is 27.1. The Balaban J connectivity index is 0.000000887. The van der Waals surface area contributed by atoms with E-state index in [4.69, 9.17) is 4.74 Å². The first-order chi connectivity index (χ1) is 17.7. The highest BCUT2D eigenvalue weighted by molar-refractivity contribution is 5.84. The van der Waals surface area contributed by atoms with Crippen LogP contribution in [0.15, 0.2) is 36.7 Å². The molecule has 2 aromatic rings. The third-order valence-corrected chi connectivity index (χ3v) is 4.97. The summed E-state index contributed by atoms with van der Waals surface area (Å²) in [5.74, 6) is -0.0392. The number of hydrogen-bond acceptors (Lipinski definition) is 5. The van der Waals surface area contributed by atoms with Gasteiger partial charge in [-0.15, -0.1) is 0 Å². The second-order valence-electron chi connectivity index (χ2n) is 8.83. The van der Waals surface area contributed by atoms with E-state index in [0.29, 0.717) is 25.3 Å². The highest BCUT2D eigenvalue weighted by Gasteiger charge is 2.05. The summed E-state index contributed by atoms with van der Waals surface area (Å²) in [6.07, 6.45) is 9.58. The molecule has 0 aliphatic rings. The van der Waals surface area contributed by atoms with Crippen molar-refractivity contribution in [3.8, 4) is 5.75 Å². The van der Waals surface area contributed by atoms with E-state index in [1.807, 2.05) is 33.4 Å². The zero-order valence-corrected chi connectivity index (χ0v) is 23.6. The molecule has 0 atom stereocenters. The van der Waals surface area contributed by atoms with Gasteiger partial charge in [0.15, 0.2) is 0 Å². The number of rotatable bonds is 13. The Morgan fingerprint density at radius 2 is 1.62 bits per heavy atom. The average molecular weight is 519 g/mol. The molecule has 0 radical (unpaired) electrons. The van der Waals surface area contributed by atoms with Crippen molar-refractivity contribution in [1.82, 2.24) is 20.9 Å². The summed E-state index contributed by atoms with van der Waals surface area (Å²) in [6.45, 7) is 9.24. The Morgan fingerprint density at radius 3 is 2.22 bits per heavy atom. The maximum absolute atomic E-state index is 13.2. The van der Waals surface area contributed by atoms with Crippen LogP contribution >= 0.6 is 0 Å². The first-order valence-corrected chi connectivity index (χ1v) is 13.2. The molecule has 1 heterocycles. The van der Waals surface area contributed by atoms with Crippen LogP contribution in [0.3, 0.4) is 0 Å². The Labute approximate surface area is 223 Å². The van der Waals surface area contributed by atoms with Gasteiger partial charge in [0, 0.05) is 31.4 Å². The summed E-state index contributed by atoms with van der Waals surface area (Å²) in [7, 11) is 3.75. The largest absolute Gasteiger partial charge is 0.493 e. The van der Waals surface area contributed by atoms with Crippen LogP contribution in [0.4, 0.5) is 4.39 Å². The number of nitrogens with one attached hydrogen (secondary N) is 3. The van der Waals surface area contributed by atoms with Gasteiger partial charge in [-0.05, 0) is 88.9 Å². The molecule has 0 aliphatic heterocycles. The van der Waals surface area contributed by atoms with Crippen LogP contribution in [0.2, 0.25) is 0 Å². The van der Waals surface area contributed by atoms with Crippen molar-refractivity contribution in [2.45, 2.75) is 72.6 Å². The minimum atomic E-state index is -0.301. The number of pyridine rings is 1. The molecule has 7 nitrogen and oxygen atoms in total. The second-order valence-corrected chi connectivity index (χ2v) is 8.83. The third-order valence-electron chi connectivity index (χ3n) is 4.97. The van der Waals surface area contributed by atoms with Gasteiger partial charge in [0.2, 0.25) is 11.8 Å². The van der Waals surface area contributed by atoms with E-state index in [2.05, 4.69) is 47.8 Å². The van der Waals surface area contributed by atoms with Crippen LogP contribution in [0.1, 0.15) is 69.1 Å². The lowest BCUT2D eigenvalue weighted by Gasteiger charge is -2.08. The van der Waals surface area contributed by atoms with Gasteiger partial charge in [-0.25, -0.2) is 4.39 Å². The molecule has 0 fully saturated rings. The SMILES string of the molecule is CCCCNC(=O)CNC(=O)CCCCCOc1cc(C)cc(F)c1.CCc1cncc(C)c1.CNC. The van der Waals surface area contributed by atoms with Crippen LogP contribution in [0.5, 0.6) is 5.75 Å². The van der Waals surface area contributed by atoms with E-state index in [0.717, 1.165) is 44.1 Å². The van der Waals surface area contributed by atoms with Crippen LogP contribution in [0.25, 0.3) is 0 Å². The number of aryl methyl sites for hydroxylation is 3. The van der Waals surface area contributed by atoms with Crippen molar-refractivity contribution in [1.29, 1.82) is 0 Å². The molecule has 0 saturated heterocycles. The van der Waals surface area contributed by atoms with Crippen molar-refractivity contribution < 1.29 is 18.7 Å². The average Bonchev–Trinajstić information content (AvgIpc) is 2.85. The normalized spacial score (nSPS) is 9.81. The van der Waals surface area contributed by atoms with Gasteiger partial charge in [-0.1, -0.05) is 26.3 Å². The maximum atomic E-state index is 13.2. The second kappa shape index (κ2) is 22.2. The fourth-order valence-corrected chi connectivity index (χ4v) is 3.09. The highest BCUT2D eigenvalue weighted by atomic mass is 19.1. The van der Waals surface area contributed by atoms with E-state index in [1.165, 1.54) is 23.3 Å². The summed E-state index contributed by atoms with van der Waals surface area (Å²) < 4.78 is 18.7. The Kier molecular flexibility index (Phi) is 20.4. The number of ether oxygens (including phenoxy) is 1. The molecule has 0 saturated carbocycles. The lowest BCUT2D eigenvalue weighted by molar-refractivity contribution is -0.126. The zero-order valence-electron chi connectivity index (χ0n) is 23.6. The minimum Gasteiger partial charge on any atom is -0.493 e. The van der Waals surface area contributed by atoms with Gasteiger partial charge >= 0.3 is 0 Å². The van der Waals surface area contributed by atoms with Crippen molar-refractivity contribution in [2.75, 3.05) is 33.8 Å². The number of carbonyl (C=O) groups is 2. The quantitative estimate of drug-likeness (QED) is 0.328. The maximum Gasteiger partial charge on any atom is 0.239 e. The molecule has 2 rings (SSSR count). The van der Waals surface area contributed by atoms with Crippen molar-refractivity contribution in [3.05, 3.63) is 59.2 Å². The molecule has 0 bridgehead atoms. The van der Waals surface area contributed by atoms with Gasteiger partial charge in [0.25, 0.3) is 0 Å². The lowest BCUT2D eigenvalue weighted by atomic mass is 10.2. The Bertz CT molecular complexity index is 873. The molecule has 0 unspecified atom stereocenters. The van der Waals surface area contributed by atoms with E-state index >= 15 is 0 Å². The Morgan fingerprint density at radius 1 is 0.892 bits per heavy atom. The van der Waals surface area contributed by atoms with Crippen molar-refractivity contribution in [3.63, 3.8) is 0 Å². The van der Waals surface area contributed by atoms with Gasteiger partial charge in [-0.2, -0.15) is 0 Å². The lowest BCUT2D eigenvalue weighted by Crippen LogP contribution is -2.37. The van der Waals surface area contributed by atoms with Crippen molar-refractivity contribution >= 4 is 11.8 Å². The molecule has 37 heavy (non-hydrogen) atoms. The summed E-state index contributed by atoms with van der Waals surface area (Å²) >= 11 is 0. The number of nitrogens with zero attached hydrogens (tertiary/aromatic N) is 1. The van der Waals surface area contributed by atoms with E-state index in [-0.39, 0.29) is 24.2 Å². The number of unbranched alkanes of at least 4 members (excludes halogenated alkanes) is 3. The fraction of sp³-hybridized carbons (Fsp3) is 0.552. The molecule has 208 valence electrons. The smallest absolute Gasteiger partial charge is 0.239 e. The summed E-state index contributed by atoms with van der Waals surface area (Å²) in [6, 6.07) is 6.77. The molecule has 3 N–H and O–H groups in total. The van der Waals surface area contributed by atoms with E-state index in [1.54, 1.807) is 6.07 Å². The van der Waals surface area contributed by atoms with Gasteiger partial charge in [0.05, 0.1) is 13.2 Å². The molecular formula is C29H47FN4O3. The van der Waals surface area contributed by atoms with Crippen LogP contribution in [-0.2, 0) is 16.0 Å². The Hall–Kier alpha value is -3.00. The molecule has 8 heteroatoms. The minimum absolute atomic E-state index is 0.0323.